The second kappa shape index (κ2) is 8.82. The third-order valence-electron chi connectivity index (χ3n) is 5.43. The number of hydrogen-bond donors (Lipinski definition) is 0. The van der Waals surface area contributed by atoms with Crippen molar-refractivity contribution in [3.8, 4) is 11.3 Å². The Morgan fingerprint density at radius 1 is 0.966 bits per heavy atom. The van der Waals surface area contributed by atoms with Crippen molar-refractivity contribution in [2.45, 2.75) is 19.3 Å². The lowest BCUT2D eigenvalue weighted by atomic mass is 9.95. The van der Waals surface area contributed by atoms with Crippen LogP contribution in [0.5, 0.6) is 0 Å². The maximum atomic E-state index is 13.0. The Bertz CT molecular complexity index is 923. The lowest BCUT2D eigenvalue weighted by Crippen LogP contribution is -2.50. The molecule has 0 aliphatic carbocycles. The van der Waals surface area contributed by atoms with E-state index in [2.05, 4.69) is 27.0 Å². The molecule has 6 heteroatoms. The smallest absolute Gasteiger partial charge is 0.230 e. The van der Waals surface area contributed by atoms with Crippen LogP contribution in [0.1, 0.15) is 24.8 Å². The van der Waals surface area contributed by atoms with Crippen molar-refractivity contribution in [3.63, 3.8) is 0 Å². The van der Waals surface area contributed by atoms with Gasteiger partial charge in [0.05, 0.1) is 11.6 Å². The van der Waals surface area contributed by atoms with Gasteiger partial charge in [0.25, 0.3) is 0 Å². The van der Waals surface area contributed by atoms with E-state index in [0.717, 1.165) is 42.1 Å². The Morgan fingerprint density at radius 3 is 2.38 bits per heavy atom. The Hall–Kier alpha value is -3.28. The average Bonchev–Trinajstić information content (AvgIpc) is 2.81. The van der Waals surface area contributed by atoms with E-state index in [1.165, 1.54) is 0 Å². The van der Waals surface area contributed by atoms with Crippen LogP contribution in [-0.4, -0.2) is 52.2 Å². The van der Waals surface area contributed by atoms with Gasteiger partial charge in [0.15, 0.2) is 5.82 Å². The molecule has 0 spiro atoms. The molecule has 0 N–H and O–H groups in total. The molecule has 0 bridgehead atoms. The van der Waals surface area contributed by atoms with Crippen LogP contribution in [0, 0.1) is 0 Å². The first-order chi connectivity index (χ1) is 14.3. The van der Waals surface area contributed by atoms with E-state index in [1.807, 2.05) is 59.5 Å². The lowest BCUT2D eigenvalue weighted by molar-refractivity contribution is -0.133. The predicted octanol–water partition coefficient (Wildman–Crippen LogP) is 3.38. The number of amides is 1. The first-order valence-corrected chi connectivity index (χ1v) is 10.1. The Labute approximate surface area is 171 Å². The van der Waals surface area contributed by atoms with Gasteiger partial charge in [-0.2, -0.15) is 0 Å². The average molecular weight is 387 g/mol. The summed E-state index contributed by atoms with van der Waals surface area (Å²) in [6, 6.07) is 17.9. The van der Waals surface area contributed by atoms with E-state index in [1.54, 1.807) is 12.4 Å². The second-order valence-electron chi connectivity index (χ2n) is 7.20. The number of carbonyl (C=O) groups is 1. The third kappa shape index (κ3) is 4.26. The van der Waals surface area contributed by atoms with Crippen LogP contribution in [0.15, 0.2) is 67.0 Å². The van der Waals surface area contributed by atoms with Crippen LogP contribution in [0.4, 0.5) is 5.82 Å². The highest BCUT2D eigenvalue weighted by atomic mass is 16.2. The van der Waals surface area contributed by atoms with Gasteiger partial charge in [0, 0.05) is 44.1 Å². The molecule has 1 fully saturated rings. The summed E-state index contributed by atoms with van der Waals surface area (Å²) in [6.07, 6.45) is 4.34. The van der Waals surface area contributed by atoms with Crippen LogP contribution < -0.4 is 4.90 Å². The molecule has 1 aliphatic heterocycles. The highest BCUT2D eigenvalue weighted by Crippen LogP contribution is 2.24. The third-order valence-corrected chi connectivity index (χ3v) is 5.43. The summed E-state index contributed by atoms with van der Waals surface area (Å²) in [4.78, 5) is 21.3. The van der Waals surface area contributed by atoms with Crippen LogP contribution in [-0.2, 0) is 4.79 Å². The second-order valence-corrected chi connectivity index (χ2v) is 7.20. The zero-order valence-electron chi connectivity index (χ0n) is 16.6. The van der Waals surface area contributed by atoms with Crippen molar-refractivity contribution in [3.05, 3.63) is 72.6 Å². The van der Waals surface area contributed by atoms with Gasteiger partial charge in [0.2, 0.25) is 5.91 Å². The summed E-state index contributed by atoms with van der Waals surface area (Å²) in [5.41, 5.74) is 2.86. The number of carbonyl (C=O) groups excluding carboxylic acids is 1. The van der Waals surface area contributed by atoms with E-state index >= 15 is 0 Å². The van der Waals surface area contributed by atoms with Crippen LogP contribution in [0.3, 0.4) is 0 Å². The van der Waals surface area contributed by atoms with Gasteiger partial charge in [-0.15, -0.1) is 10.2 Å². The molecule has 1 saturated heterocycles. The monoisotopic (exact) mass is 387 g/mol. The molecule has 6 nitrogen and oxygen atoms in total. The molecule has 0 radical (unpaired) electrons. The van der Waals surface area contributed by atoms with Crippen molar-refractivity contribution < 1.29 is 4.79 Å². The number of piperazine rings is 1. The Balaban J connectivity index is 1.38. The maximum absolute atomic E-state index is 13.0. The number of pyridine rings is 1. The number of aromatic nitrogens is 3. The molecule has 1 atom stereocenters. The van der Waals surface area contributed by atoms with Crippen LogP contribution in [0.2, 0.25) is 0 Å². The number of rotatable bonds is 5. The molecule has 3 aromatic rings. The van der Waals surface area contributed by atoms with E-state index in [0.29, 0.717) is 13.1 Å². The highest BCUT2D eigenvalue weighted by molar-refractivity contribution is 5.84. The van der Waals surface area contributed by atoms with Gasteiger partial charge in [-0.1, -0.05) is 37.3 Å². The molecule has 1 amide bonds. The molecule has 0 saturated carbocycles. The zero-order chi connectivity index (χ0) is 20.1. The molecule has 1 aliphatic rings. The standard InChI is InChI=1S/C23H25N5O/c1-2-20(18-7-4-3-5-8-18)23(29)28-15-13-27(14-16-28)22-11-10-21(25-26-22)19-9-6-12-24-17-19/h3-12,17,20H,2,13-16H2,1H3. The van der Waals surface area contributed by atoms with E-state index in [-0.39, 0.29) is 11.8 Å². The first-order valence-electron chi connectivity index (χ1n) is 10.1. The van der Waals surface area contributed by atoms with Gasteiger partial charge in [-0.05, 0) is 36.2 Å². The fourth-order valence-corrected chi connectivity index (χ4v) is 3.78. The van der Waals surface area contributed by atoms with E-state index < -0.39 is 0 Å². The predicted molar refractivity (Wildman–Crippen MR) is 114 cm³/mol. The topological polar surface area (TPSA) is 62.2 Å². The number of benzene rings is 1. The molecule has 148 valence electrons. The molecular formula is C23H25N5O. The van der Waals surface area contributed by atoms with Gasteiger partial charge in [-0.3, -0.25) is 9.78 Å². The highest BCUT2D eigenvalue weighted by Gasteiger charge is 2.27. The van der Waals surface area contributed by atoms with E-state index in [4.69, 9.17) is 0 Å². The normalized spacial score (nSPS) is 15.2. The van der Waals surface area contributed by atoms with E-state index in [9.17, 15) is 4.79 Å². The minimum Gasteiger partial charge on any atom is -0.352 e. The number of nitrogens with zero attached hydrogens (tertiary/aromatic N) is 5. The minimum atomic E-state index is -0.0682. The van der Waals surface area contributed by atoms with Gasteiger partial charge >= 0.3 is 0 Å². The van der Waals surface area contributed by atoms with Crippen LogP contribution in [0.25, 0.3) is 11.3 Å². The van der Waals surface area contributed by atoms with Crippen molar-refractivity contribution in [2.24, 2.45) is 0 Å². The molecule has 1 unspecified atom stereocenters. The van der Waals surface area contributed by atoms with Crippen molar-refractivity contribution in [1.82, 2.24) is 20.1 Å². The van der Waals surface area contributed by atoms with Crippen molar-refractivity contribution in [2.75, 3.05) is 31.1 Å². The van der Waals surface area contributed by atoms with Gasteiger partial charge < -0.3 is 9.80 Å². The van der Waals surface area contributed by atoms with Crippen LogP contribution >= 0.6 is 0 Å². The largest absolute Gasteiger partial charge is 0.352 e. The Kier molecular flexibility index (Phi) is 5.79. The van der Waals surface area contributed by atoms with Gasteiger partial charge in [-0.25, -0.2) is 0 Å². The molecule has 3 heterocycles. The summed E-state index contributed by atoms with van der Waals surface area (Å²) in [5.74, 6) is 0.998. The minimum absolute atomic E-state index is 0.0682. The molecular weight excluding hydrogens is 362 g/mol. The summed E-state index contributed by atoms with van der Waals surface area (Å²) >= 11 is 0. The lowest BCUT2D eigenvalue weighted by Gasteiger charge is -2.36. The first kappa shape index (κ1) is 19.1. The van der Waals surface area contributed by atoms with Crippen molar-refractivity contribution >= 4 is 11.7 Å². The zero-order valence-corrected chi connectivity index (χ0v) is 16.6. The summed E-state index contributed by atoms with van der Waals surface area (Å²) < 4.78 is 0. The quantitative estimate of drug-likeness (QED) is 0.672. The Morgan fingerprint density at radius 2 is 1.76 bits per heavy atom. The van der Waals surface area contributed by atoms with Crippen molar-refractivity contribution in [1.29, 1.82) is 0 Å². The summed E-state index contributed by atoms with van der Waals surface area (Å²) in [7, 11) is 0. The fourth-order valence-electron chi connectivity index (χ4n) is 3.78. The molecule has 4 rings (SSSR count). The number of anilines is 1. The SMILES string of the molecule is CCC(C(=O)N1CCN(c2ccc(-c3cccnc3)nn2)CC1)c1ccccc1. The molecule has 29 heavy (non-hydrogen) atoms. The molecule has 2 aromatic heterocycles. The fraction of sp³-hybridized carbons (Fsp3) is 0.304. The van der Waals surface area contributed by atoms with Gasteiger partial charge in [0.1, 0.15) is 0 Å². The summed E-state index contributed by atoms with van der Waals surface area (Å²) in [5, 5.41) is 8.74. The number of hydrogen-bond acceptors (Lipinski definition) is 5. The molecule has 1 aromatic carbocycles. The maximum Gasteiger partial charge on any atom is 0.230 e. The summed E-state index contributed by atoms with van der Waals surface area (Å²) in [6.45, 7) is 5.00.